The van der Waals surface area contributed by atoms with Crippen LogP contribution >= 0.6 is 7.82 Å². The van der Waals surface area contributed by atoms with Crippen molar-refractivity contribution in [2.24, 2.45) is 0 Å². The Labute approximate surface area is 612 Å². The van der Waals surface area contributed by atoms with E-state index >= 15 is 0 Å². The number of allylic oxidation sites excluding steroid dienone is 42. The average Bonchev–Trinajstić information content (AvgIpc) is 1.07. The molecule has 0 bridgehead atoms. The Morgan fingerprint density at radius 2 is 0.540 bits per heavy atom. The minimum Gasteiger partial charge on any atom is -0.756 e. The van der Waals surface area contributed by atoms with E-state index in [4.69, 9.17) is 18.5 Å². The Morgan fingerprint density at radius 3 is 0.820 bits per heavy atom. The van der Waals surface area contributed by atoms with Gasteiger partial charge in [-0.05, 0) is 173 Å². The summed E-state index contributed by atoms with van der Waals surface area (Å²) < 4.78 is 34.3. The first-order valence-corrected chi connectivity index (χ1v) is 39.9. The van der Waals surface area contributed by atoms with Gasteiger partial charge in [0.05, 0.1) is 27.7 Å². The van der Waals surface area contributed by atoms with E-state index in [0.717, 1.165) is 173 Å². The van der Waals surface area contributed by atoms with Gasteiger partial charge < -0.3 is 27.9 Å². The van der Waals surface area contributed by atoms with Gasteiger partial charge in [-0.1, -0.05) is 314 Å². The molecule has 100 heavy (non-hydrogen) atoms. The molecule has 0 fully saturated rings. The van der Waals surface area contributed by atoms with Gasteiger partial charge in [-0.15, -0.1) is 0 Å². The number of phosphoric acid groups is 1. The fourth-order valence-electron chi connectivity index (χ4n) is 9.28. The third kappa shape index (κ3) is 80.5. The largest absolute Gasteiger partial charge is 0.756 e. The molecule has 0 aromatic heterocycles. The lowest BCUT2D eigenvalue weighted by molar-refractivity contribution is -0.870. The van der Waals surface area contributed by atoms with E-state index in [0.29, 0.717) is 23.9 Å². The van der Waals surface area contributed by atoms with Crippen LogP contribution in [0.3, 0.4) is 0 Å². The number of quaternary nitrogens is 1. The maximum atomic E-state index is 12.9. The summed E-state index contributed by atoms with van der Waals surface area (Å²) in [6.07, 6.45) is 126. The third-order valence-electron chi connectivity index (χ3n) is 15.1. The Balaban J connectivity index is 4.22. The molecule has 9 nitrogen and oxygen atoms in total. The van der Waals surface area contributed by atoms with Crippen LogP contribution in [0.15, 0.2) is 255 Å². The Hall–Kier alpha value is -6.45. The highest BCUT2D eigenvalue weighted by Crippen LogP contribution is 2.38. The van der Waals surface area contributed by atoms with Gasteiger partial charge in [0.1, 0.15) is 19.8 Å². The van der Waals surface area contributed by atoms with Crippen molar-refractivity contribution in [2.45, 2.75) is 251 Å². The monoisotopic (exact) mass is 1390 g/mol. The van der Waals surface area contributed by atoms with Crippen LogP contribution in [-0.4, -0.2) is 70.0 Å². The van der Waals surface area contributed by atoms with Gasteiger partial charge in [-0.2, -0.15) is 0 Å². The zero-order chi connectivity index (χ0) is 72.5. The lowest BCUT2D eigenvalue weighted by atomic mass is 10.1. The van der Waals surface area contributed by atoms with E-state index < -0.39 is 32.5 Å². The quantitative estimate of drug-likeness (QED) is 0.0195. The molecular weight excluding hydrogens is 1250 g/mol. The van der Waals surface area contributed by atoms with Crippen LogP contribution in [0.4, 0.5) is 0 Å². The second-order valence-electron chi connectivity index (χ2n) is 25.5. The molecule has 0 N–H and O–H groups in total. The van der Waals surface area contributed by atoms with Crippen molar-refractivity contribution in [2.75, 3.05) is 47.5 Å². The molecule has 0 saturated heterocycles. The number of carbonyl (C=O) groups excluding carboxylic acids is 2. The molecule has 0 aliphatic heterocycles. The van der Waals surface area contributed by atoms with Crippen LogP contribution in [0.5, 0.6) is 0 Å². The van der Waals surface area contributed by atoms with Gasteiger partial charge in [0, 0.05) is 12.8 Å². The van der Waals surface area contributed by atoms with Gasteiger partial charge in [0.25, 0.3) is 7.82 Å². The molecule has 0 spiro atoms. The molecule has 0 rings (SSSR count). The molecule has 556 valence electrons. The maximum absolute atomic E-state index is 12.9. The van der Waals surface area contributed by atoms with Crippen molar-refractivity contribution in [1.82, 2.24) is 0 Å². The molecule has 0 aliphatic carbocycles. The number of esters is 2. The first kappa shape index (κ1) is 93.6. The van der Waals surface area contributed by atoms with E-state index in [1.165, 1.54) is 32.1 Å². The van der Waals surface area contributed by atoms with Crippen molar-refractivity contribution in [1.29, 1.82) is 0 Å². The molecular formula is C90H138NO8P. The first-order chi connectivity index (χ1) is 49.0. The third-order valence-corrected chi connectivity index (χ3v) is 16.0. The van der Waals surface area contributed by atoms with Crippen LogP contribution < -0.4 is 4.89 Å². The van der Waals surface area contributed by atoms with Gasteiger partial charge in [-0.3, -0.25) is 14.2 Å². The summed E-state index contributed by atoms with van der Waals surface area (Å²) in [4.78, 5) is 38.1. The number of nitrogens with zero attached hydrogens (tertiary/aromatic N) is 1. The molecule has 0 aliphatic rings. The summed E-state index contributed by atoms with van der Waals surface area (Å²) >= 11 is 0. The van der Waals surface area contributed by atoms with Gasteiger partial charge >= 0.3 is 11.9 Å². The minimum absolute atomic E-state index is 0.0548. The highest BCUT2D eigenvalue weighted by molar-refractivity contribution is 7.45. The topological polar surface area (TPSA) is 111 Å². The van der Waals surface area contributed by atoms with Crippen LogP contribution in [0.1, 0.15) is 245 Å². The normalized spacial score (nSPS) is 14.5. The predicted molar refractivity (Wildman–Crippen MR) is 433 cm³/mol. The molecule has 0 amide bonds. The van der Waals surface area contributed by atoms with E-state index in [9.17, 15) is 19.0 Å². The van der Waals surface area contributed by atoms with E-state index in [2.05, 4.69) is 269 Å². The van der Waals surface area contributed by atoms with E-state index in [1.807, 2.05) is 21.1 Å². The molecule has 2 atom stereocenters. The molecule has 2 unspecified atom stereocenters. The summed E-state index contributed by atoms with van der Waals surface area (Å²) in [7, 11) is 1.10. The number of likely N-dealkylation sites (N-methyl/N-ethyl adjacent to an activating group) is 1. The maximum Gasteiger partial charge on any atom is 0.306 e. The molecule has 10 heteroatoms. The van der Waals surface area contributed by atoms with Crippen LogP contribution in [-0.2, 0) is 32.7 Å². The Bertz CT molecular complexity index is 2650. The Kier molecular flexibility index (Phi) is 71.8. The standard InChI is InChI=1S/C90H138NO8P/c1-6-8-10-12-14-16-18-20-22-24-26-28-30-32-34-36-38-40-42-44-45-47-49-51-53-55-57-59-61-63-65-67-69-71-73-75-77-79-81-83-90(93)99-88(87-98-100(94,95)97-85-84-91(3,4)5)86-96-89(92)82-80-78-76-74-72-70-68-66-64-62-60-58-56-54-52-50-48-46-43-41-39-37-35-33-31-29-27-25-23-21-19-17-15-13-11-9-7-2/h8-11,14-17,20-23,26-29,32-35,38-41,44-46,48-49,51-52,54-55,57-58,60-61,63,67,69,73,75,88H,6-7,12-13,18-19,24-25,30-31,36-37,42-43,47,50,53,56,59,62,64-66,68,70-72,74,76-87H2,1-5H3/b10-8-,11-9-,16-14-,17-15-,22-20-,23-21-,28-26-,29-27-,34-32-,35-33-,40-38-,41-39-,45-44-,48-46-,51-49-,54-52-,57-55-,60-58-,63-61-,69-67-,75-73-. The fraction of sp³-hybridized carbons (Fsp3) is 0.511. The highest BCUT2D eigenvalue weighted by Gasteiger charge is 2.22. The number of ether oxygens (including phenoxy) is 2. The van der Waals surface area contributed by atoms with Crippen molar-refractivity contribution in [3.8, 4) is 0 Å². The lowest BCUT2D eigenvalue weighted by Gasteiger charge is -2.28. The highest BCUT2D eigenvalue weighted by atomic mass is 31.2. The molecule has 0 saturated carbocycles. The van der Waals surface area contributed by atoms with E-state index in [1.54, 1.807) is 0 Å². The van der Waals surface area contributed by atoms with Crippen LogP contribution in [0, 0.1) is 0 Å². The zero-order valence-corrected chi connectivity index (χ0v) is 64.2. The van der Waals surface area contributed by atoms with E-state index in [-0.39, 0.29) is 26.1 Å². The van der Waals surface area contributed by atoms with Crippen molar-refractivity contribution < 1.29 is 42.1 Å². The first-order valence-electron chi connectivity index (χ1n) is 38.4. The van der Waals surface area contributed by atoms with Crippen LogP contribution in [0.2, 0.25) is 0 Å². The van der Waals surface area contributed by atoms with Gasteiger partial charge in [0.2, 0.25) is 0 Å². The number of hydrogen-bond acceptors (Lipinski definition) is 8. The average molecular weight is 1390 g/mol. The number of carbonyl (C=O) groups is 2. The SMILES string of the molecule is CC/C=C\C/C=C\C/C=C\C/C=C\C/C=C\C/C=C\C/C=C\C/C=C\C/C=C\C/C=C\C/C=C\C/C=C\CCCCC(=O)OC(COC(=O)CCCCCCCCCCC/C=C\C/C=C\C/C=C\C/C=C\C/C=C\C/C=C\C/C=C\C/C=C\C/C=C\CC)COP(=O)([O-])OCC[N+](C)(C)C. The summed E-state index contributed by atoms with van der Waals surface area (Å²) in [5.74, 6) is -0.912. The summed E-state index contributed by atoms with van der Waals surface area (Å²) in [5, 5.41) is 0. The second-order valence-corrected chi connectivity index (χ2v) is 27.0. The summed E-state index contributed by atoms with van der Waals surface area (Å²) in [6.45, 7) is 3.92. The number of phosphoric ester groups is 1. The van der Waals surface area contributed by atoms with Gasteiger partial charge in [-0.25, -0.2) is 0 Å². The molecule has 0 aromatic rings. The number of hydrogen-bond donors (Lipinski definition) is 0. The van der Waals surface area contributed by atoms with Crippen molar-refractivity contribution in [3.05, 3.63) is 255 Å². The fourth-order valence-corrected chi connectivity index (χ4v) is 10.0. The number of unbranched alkanes of at least 4 members (excludes halogenated alkanes) is 11. The van der Waals surface area contributed by atoms with Crippen molar-refractivity contribution >= 4 is 19.8 Å². The second kappa shape index (κ2) is 76.7. The van der Waals surface area contributed by atoms with Crippen molar-refractivity contribution in [3.63, 3.8) is 0 Å². The zero-order valence-electron chi connectivity index (χ0n) is 63.3. The Morgan fingerprint density at radius 1 is 0.310 bits per heavy atom. The minimum atomic E-state index is -4.68. The predicted octanol–water partition coefficient (Wildman–Crippen LogP) is 25.4. The smallest absolute Gasteiger partial charge is 0.306 e. The molecule has 0 radical (unpaired) electrons. The molecule has 0 heterocycles. The lowest BCUT2D eigenvalue weighted by Crippen LogP contribution is -2.37. The summed E-state index contributed by atoms with van der Waals surface area (Å²) in [6, 6.07) is 0. The molecule has 0 aromatic carbocycles. The van der Waals surface area contributed by atoms with Crippen LogP contribution in [0.25, 0.3) is 0 Å². The van der Waals surface area contributed by atoms with Gasteiger partial charge in [0.15, 0.2) is 6.10 Å². The number of rotatable bonds is 67. The summed E-state index contributed by atoms with van der Waals surface area (Å²) in [5.41, 5.74) is 0.